The molecule has 0 aromatic heterocycles. The lowest BCUT2D eigenvalue weighted by Crippen LogP contribution is -2.19. The summed E-state index contributed by atoms with van der Waals surface area (Å²) in [5, 5.41) is 7.03. The molecule has 0 unspecified atom stereocenters. The molecule has 0 fully saturated rings. The van der Waals surface area contributed by atoms with Crippen LogP contribution < -0.4 is 19.9 Å². The third kappa shape index (κ3) is 3.38. The molecular weight excluding hydrogens is 196 g/mol. The van der Waals surface area contributed by atoms with Crippen LogP contribution in [-0.4, -0.2) is 26.7 Å². The molecule has 0 heterocycles. The summed E-state index contributed by atoms with van der Waals surface area (Å²) in [6.45, 7) is 0.0519. The van der Waals surface area contributed by atoms with Gasteiger partial charge >= 0.3 is 0 Å². The van der Waals surface area contributed by atoms with Gasteiger partial charge in [0.2, 0.25) is 0 Å². The van der Waals surface area contributed by atoms with Crippen LogP contribution in [-0.2, 0) is 0 Å². The lowest BCUT2D eigenvalue weighted by atomic mass is 10.3. The molecule has 0 aliphatic heterocycles. The zero-order chi connectivity index (χ0) is 11.3. The molecule has 0 bridgehead atoms. The van der Waals surface area contributed by atoms with Crippen molar-refractivity contribution in [1.82, 2.24) is 0 Å². The Balaban J connectivity index is 2.81. The highest BCUT2D eigenvalue weighted by atomic mass is 16.5. The van der Waals surface area contributed by atoms with Crippen LogP contribution in [0.4, 0.5) is 0 Å². The minimum absolute atomic E-state index is 0.0308. The number of ether oxygens (including phenoxy) is 3. The summed E-state index contributed by atoms with van der Waals surface area (Å²) in [5.41, 5.74) is 5.18. The second-order valence-electron chi connectivity index (χ2n) is 2.86. The monoisotopic (exact) mass is 210 g/mol. The van der Waals surface area contributed by atoms with E-state index in [0.717, 1.165) is 0 Å². The van der Waals surface area contributed by atoms with Gasteiger partial charge in [-0.2, -0.15) is 0 Å². The van der Waals surface area contributed by atoms with E-state index in [1.165, 1.54) is 0 Å². The van der Waals surface area contributed by atoms with Gasteiger partial charge in [-0.25, -0.2) is 0 Å². The van der Waals surface area contributed by atoms with E-state index in [1.54, 1.807) is 32.4 Å². The second kappa shape index (κ2) is 5.09. The van der Waals surface area contributed by atoms with Crippen LogP contribution in [0.5, 0.6) is 17.2 Å². The van der Waals surface area contributed by atoms with Gasteiger partial charge < -0.3 is 19.9 Å². The van der Waals surface area contributed by atoms with E-state index in [2.05, 4.69) is 0 Å². The van der Waals surface area contributed by atoms with Gasteiger partial charge in [-0.15, -0.1) is 0 Å². The Morgan fingerprint density at radius 3 is 2.00 bits per heavy atom. The van der Waals surface area contributed by atoms with E-state index in [0.29, 0.717) is 17.2 Å². The molecule has 0 saturated heterocycles. The van der Waals surface area contributed by atoms with Crippen LogP contribution in [0.25, 0.3) is 0 Å². The SMILES string of the molecule is COc1cc(OC)cc(OCC(=N)N)c1. The summed E-state index contributed by atoms with van der Waals surface area (Å²) in [4.78, 5) is 0. The molecule has 0 saturated carbocycles. The Bertz CT molecular complexity index is 330. The van der Waals surface area contributed by atoms with Gasteiger partial charge in [0.25, 0.3) is 0 Å². The highest BCUT2D eigenvalue weighted by molar-refractivity contribution is 5.78. The number of rotatable bonds is 5. The van der Waals surface area contributed by atoms with Crippen LogP contribution in [0, 0.1) is 5.41 Å². The van der Waals surface area contributed by atoms with Crippen LogP contribution in [0.1, 0.15) is 0 Å². The first-order chi connectivity index (χ1) is 7.15. The Morgan fingerprint density at radius 1 is 1.13 bits per heavy atom. The number of hydrogen-bond donors (Lipinski definition) is 2. The number of nitrogens with one attached hydrogen (secondary N) is 1. The van der Waals surface area contributed by atoms with Crippen molar-refractivity contribution in [3.05, 3.63) is 18.2 Å². The number of amidine groups is 1. The van der Waals surface area contributed by atoms with Gasteiger partial charge in [0.1, 0.15) is 29.7 Å². The first-order valence-electron chi connectivity index (χ1n) is 4.34. The quantitative estimate of drug-likeness (QED) is 0.561. The first kappa shape index (κ1) is 11.2. The lowest BCUT2D eigenvalue weighted by molar-refractivity contribution is 0.356. The van der Waals surface area contributed by atoms with Crippen molar-refractivity contribution in [3.8, 4) is 17.2 Å². The van der Waals surface area contributed by atoms with Crippen molar-refractivity contribution in [3.63, 3.8) is 0 Å². The fourth-order valence-electron chi connectivity index (χ4n) is 1.03. The van der Waals surface area contributed by atoms with Crippen LogP contribution in [0.2, 0.25) is 0 Å². The van der Waals surface area contributed by atoms with Gasteiger partial charge in [-0.3, -0.25) is 5.41 Å². The van der Waals surface area contributed by atoms with E-state index >= 15 is 0 Å². The van der Waals surface area contributed by atoms with E-state index in [-0.39, 0.29) is 12.4 Å². The van der Waals surface area contributed by atoms with Crippen molar-refractivity contribution in [2.24, 2.45) is 5.73 Å². The second-order valence-corrected chi connectivity index (χ2v) is 2.86. The molecule has 1 aromatic carbocycles. The van der Waals surface area contributed by atoms with E-state index in [9.17, 15) is 0 Å². The molecule has 3 N–H and O–H groups in total. The van der Waals surface area contributed by atoms with Crippen molar-refractivity contribution in [1.29, 1.82) is 5.41 Å². The van der Waals surface area contributed by atoms with Gasteiger partial charge in [0, 0.05) is 18.2 Å². The Kier molecular flexibility index (Phi) is 3.79. The molecule has 15 heavy (non-hydrogen) atoms. The highest BCUT2D eigenvalue weighted by Gasteiger charge is 2.02. The summed E-state index contributed by atoms with van der Waals surface area (Å²) in [5.74, 6) is 1.79. The van der Waals surface area contributed by atoms with Crippen molar-refractivity contribution in [2.75, 3.05) is 20.8 Å². The smallest absolute Gasteiger partial charge is 0.145 e. The third-order valence-corrected chi connectivity index (χ3v) is 1.72. The van der Waals surface area contributed by atoms with E-state index in [1.807, 2.05) is 0 Å². The molecule has 0 atom stereocenters. The fraction of sp³-hybridized carbons (Fsp3) is 0.300. The number of nitrogens with two attached hydrogens (primary N) is 1. The maximum Gasteiger partial charge on any atom is 0.145 e. The van der Waals surface area contributed by atoms with Crippen molar-refractivity contribution in [2.45, 2.75) is 0 Å². The highest BCUT2D eigenvalue weighted by Crippen LogP contribution is 2.27. The molecule has 5 nitrogen and oxygen atoms in total. The topological polar surface area (TPSA) is 77.6 Å². The van der Waals surface area contributed by atoms with Crippen molar-refractivity contribution < 1.29 is 14.2 Å². The Labute approximate surface area is 88.3 Å². The van der Waals surface area contributed by atoms with Gasteiger partial charge in [0.15, 0.2) is 0 Å². The fourth-order valence-corrected chi connectivity index (χ4v) is 1.03. The zero-order valence-corrected chi connectivity index (χ0v) is 8.74. The summed E-state index contributed by atoms with van der Waals surface area (Å²) in [6, 6.07) is 5.14. The summed E-state index contributed by atoms with van der Waals surface area (Å²) in [7, 11) is 3.12. The van der Waals surface area contributed by atoms with E-state index in [4.69, 9.17) is 25.4 Å². The summed E-state index contributed by atoms with van der Waals surface area (Å²) < 4.78 is 15.4. The predicted molar refractivity (Wildman–Crippen MR) is 57.0 cm³/mol. The third-order valence-electron chi connectivity index (χ3n) is 1.72. The molecule has 5 heteroatoms. The molecular formula is C10H14N2O3. The first-order valence-corrected chi connectivity index (χ1v) is 4.34. The normalized spacial score (nSPS) is 9.47. The molecule has 82 valence electrons. The molecule has 1 rings (SSSR count). The zero-order valence-electron chi connectivity index (χ0n) is 8.74. The van der Waals surface area contributed by atoms with Gasteiger partial charge in [-0.1, -0.05) is 0 Å². The molecule has 1 aromatic rings. The standard InChI is InChI=1S/C10H14N2O3/c1-13-7-3-8(14-2)5-9(4-7)15-6-10(11)12/h3-5H,6H2,1-2H3,(H3,11,12). The van der Waals surface area contributed by atoms with Gasteiger partial charge in [-0.05, 0) is 0 Å². The minimum Gasteiger partial charge on any atom is -0.496 e. The van der Waals surface area contributed by atoms with Crippen LogP contribution >= 0.6 is 0 Å². The molecule has 0 aliphatic rings. The Hall–Kier alpha value is -1.91. The molecule has 0 aliphatic carbocycles. The maximum atomic E-state index is 7.03. The summed E-state index contributed by atoms with van der Waals surface area (Å²) in [6.07, 6.45) is 0. The largest absolute Gasteiger partial charge is 0.496 e. The van der Waals surface area contributed by atoms with Crippen molar-refractivity contribution >= 4 is 5.84 Å². The molecule has 0 radical (unpaired) electrons. The maximum absolute atomic E-state index is 7.03. The molecule has 0 spiro atoms. The number of methoxy groups -OCH3 is 2. The average Bonchev–Trinajstić information content (AvgIpc) is 2.25. The number of benzene rings is 1. The average molecular weight is 210 g/mol. The van der Waals surface area contributed by atoms with E-state index < -0.39 is 0 Å². The number of hydrogen-bond acceptors (Lipinski definition) is 4. The molecule has 0 amide bonds. The van der Waals surface area contributed by atoms with Crippen LogP contribution in [0.15, 0.2) is 18.2 Å². The minimum atomic E-state index is -0.0308. The van der Waals surface area contributed by atoms with Crippen LogP contribution in [0.3, 0.4) is 0 Å². The van der Waals surface area contributed by atoms with Gasteiger partial charge in [0.05, 0.1) is 14.2 Å². The summed E-state index contributed by atoms with van der Waals surface area (Å²) >= 11 is 0. The lowest BCUT2D eigenvalue weighted by Gasteiger charge is -2.09. The predicted octanol–water partition coefficient (Wildman–Crippen LogP) is 1.02. The Morgan fingerprint density at radius 2 is 1.60 bits per heavy atom.